The highest BCUT2D eigenvalue weighted by Gasteiger charge is 2.06. The number of aryl methyl sites for hydroxylation is 1. The number of methoxy groups -OCH3 is 1. The molecule has 0 fully saturated rings. The predicted octanol–water partition coefficient (Wildman–Crippen LogP) is 2.26. The number of hydrogen-bond donors (Lipinski definition) is 2. The zero-order valence-corrected chi connectivity index (χ0v) is 12.5. The molecule has 120 valence electrons. The fourth-order valence-corrected chi connectivity index (χ4v) is 1.46. The summed E-state index contributed by atoms with van der Waals surface area (Å²) in [5.74, 6) is -2.43. The van der Waals surface area contributed by atoms with Gasteiger partial charge < -0.3 is 14.9 Å². The lowest BCUT2D eigenvalue weighted by Gasteiger charge is -1.98. The minimum Gasteiger partial charge on any atom is -0.478 e. The molecule has 23 heavy (non-hydrogen) atoms. The molecule has 0 atom stereocenters. The predicted molar refractivity (Wildman–Crippen MR) is 80.7 cm³/mol. The van der Waals surface area contributed by atoms with Crippen molar-refractivity contribution in [1.82, 2.24) is 4.98 Å². The number of pyridine rings is 1. The van der Waals surface area contributed by atoms with Gasteiger partial charge in [0.15, 0.2) is 0 Å². The molecule has 2 rings (SSSR count). The van der Waals surface area contributed by atoms with Crippen LogP contribution in [0.4, 0.5) is 0 Å². The summed E-state index contributed by atoms with van der Waals surface area (Å²) < 4.78 is 4.45. The van der Waals surface area contributed by atoms with Crippen LogP contribution in [-0.2, 0) is 4.74 Å². The minimum absolute atomic E-state index is 0.146. The number of carbonyl (C=O) groups is 3. The van der Waals surface area contributed by atoms with Crippen molar-refractivity contribution in [3.05, 3.63) is 65.0 Å². The number of nitrogens with zero attached hydrogens (tertiary/aromatic N) is 1. The van der Waals surface area contributed by atoms with Gasteiger partial charge in [0.25, 0.3) is 0 Å². The molecule has 0 saturated heterocycles. The molecule has 0 spiro atoms. The zero-order chi connectivity index (χ0) is 17.4. The molecular weight excluding hydrogens is 302 g/mol. The number of aromatic carboxylic acids is 2. The van der Waals surface area contributed by atoms with Gasteiger partial charge in [-0.05, 0) is 43.3 Å². The Morgan fingerprint density at radius 3 is 1.74 bits per heavy atom. The van der Waals surface area contributed by atoms with Crippen molar-refractivity contribution in [2.45, 2.75) is 6.92 Å². The fourth-order valence-electron chi connectivity index (χ4n) is 1.46. The highest BCUT2D eigenvalue weighted by Crippen LogP contribution is 2.05. The summed E-state index contributed by atoms with van der Waals surface area (Å²) in [6.45, 7) is 1.81. The van der Waals surface area contributed by atoms with E-state index in [4.69, 9.17) is 10.2 Å². The molecule has 2 aromatic rings. The van der Waals surface area contributed by atoms with Crippen molar-refractivity contribution < 1.29 is 29.3 Å². The summed E-state index contributed by atoms with van der Waals surface area (Å²) in [6.07, 6.45) is 1.34. The highest BCUT2D eigenvalue weighted by atomic mass is 16.5. The van der Waals surface area contributed by atoms with Crippen LogP contribution in [0, 0.1) is 6.92 Å². The molecule has 7 nitrogen and oxygen atoms in total. The number of ether oxygens (including phenoxy) is 1. The van der Waals surface area contributed by atoms with Gasteiger partial charge in [0, 0.05) is 11.9 Å². The molecule has 0 saturated carbocycles. The van der Waals surface area contributed by atoms with E-state index in [9.17, 15) is 14.4 Å². The Balaban J connectivity index is 0.000000238. The molecule has 1 aromatic heterocycles. The Morgan fingerprint density at radius 1 is 0.870 bits per heavy atom. The first-order valence-electron chi connectivity index (χ1n) is 6.42. The van der Waals surface area contributed by atoms with Gasteiger partial charge in [0.05, 0.1) is 23.8 Å². The number of rotatable bonds is 3. The third-order valence-corrected chi connectivity index (χ3v) is 2.71. The van der Waals surface area contributed by atoms with Crippen molar-refractivity contribution in [3.63, 3.8) is 0 Å². The Kier molecular flexibility index (Phi) is 6.42. The van der Waals surface area contributed by atoms with Gasteiger partial charge >= 0.3 is 17.9 Å². The Bertz CT molecular complexity index is 692. The number of carboxylic acids is 2. The molecular formula is C16H15NO6. The molecule has 0 bridgehead atoms. The lowest BCUT2D eigenvalue weighted by Crippen LogP contribution is -2.02. The third kappa shape index (κ3) is 5.58. The zero-order valence-electron chi connectivity index (χ0n) is 12.5. The van der Waals surface area contributed by atoms with Crippen LogP contribution in [-0.4, -0.2) is 40.2 Å². The summed E-state index contributed by atoms with van der Waals surface area (Å²) in [7, 11) is 1.27. The summed E-state index contributed by atoms with van der Waals surface area (Å²) >= 11 is 0. The molecule has 1 aromatic carbocycles. The summed E-state index contributed by atoms with van der Waals surface area (Å²) in [5.41, 5.74) is 1.54. The SMILES string of the molecule is COC(=O)c1ccc(C(=O)O)cc1.Cc1ccc(C(=O)O)cn1. The van der Waals surface area contributed by atoms with E-state index >= 15 is 0 Å². The van der Waals surface area contributed by atoms with E-state index in [2.05, 4.69) is 9.72 Å². The number of benzene rings is 1. The maximum atomic E-state index is 10.9. The maximum Gasteiger partial charge on any atom is 0.337 e. The summed E-state index contributed by atoms with van der Waals surface area (Å²) in [5, 5.41) is 17.0. The summed E-state index contributed by atoms with van der Waals surface area (Å²) in [4.78, 5) is 35.5. The molecule has 0 unspecified atom stereocenters. The topological polar surface area (TPSA) is 114 Å². The van der Waals surface area contributed by atoms with Crippen molar-refractivity contribution in [3.8, 4) is 0 Å². The first-order chi connectivity index (χ1) is 10.8. The Labute approximate surface area is 132 Å². The number of hydrogen-bond acceptors (Lipinski definition) is 5. The number of aromatic nitrogens is 1. The third-order valence-electron chi connectivity index (χ3n) is 2.71. The van der Waals surface area contributed by atoms with Gasteiger partial charge in [-0.25, -0.2) is 14.4 Å². The monoisotopic (exact) mass is 317 g/mol. The Hall–Kier alpha value is -3.22. The smallest absolute Gasteiger partial charge is 0.337 e. The van der Waals surface area contributed by atoms with E-state index in [1.54, 1.807) is 6.07 Å². The summed E-state index contributed by atoms with van der Waals surface area (Å²) in [6, 6.07) is 8.74. The van der Waals surface area contributed by atoms with Gasteiger partial charge in [0.2, 0.25) is 0 Å². The quantitative estimate of drug-likeness (QED) is 0.834. The molecule has 0 aliphatic heterocycles. The fraction of sp³-hybridized carbons (Fsp3) is 0.125. The van der Waals surface area contributed by atoms with Crippen LogP contribution < -0.4 is 0 Å². The highest BCUT2D eigenvalue weighted by molar-refractivity contribution is 5.92. The van der Waals surface area contributed by atoms with E-state index in [1.807, 2.05) is 6.92 Å². The number of esters is 1. The number of carboxylic acid groups (broad SMARTS) is 2. The maximum absolute atomic E-state index is 10.9. The van der Waals surface area contributed by atoms with Crippen LogP contribution in [0.25, 0.3) is 0 Å². The van der Waals surface area contributed by atoms with Crippen LogP contribution in [0.1, 0.15) is 36.8 Å². The van der Waals surface area contributed by atoms with Crippen LogP contribution in [0.15, 0.2) is 42.6 Å². The van der Waals surface area contributed by atoms with Crippen LogP contribution in [0.5, 0.6) is 0 Å². The van der Waals surface area contributed by atoms with Gasteiger partial charge in [-0.2, -0.15) is 0 Å². The first-order valence-corrected chi connectivity index (χ1v) is 6.42. The van der Waals surface area contributed by atoms with E-state index in [0.29, 0.717) is 5.56 Å². The van der Waals surface area contributed by atoms with E-state index in [-0.39, 0.29) is 11.1 Å². The average Bonchev–Trinajstić information content (AvgIpc) is 2.55. The van der Waals surface area contributed by atoms with Crippen molar-refractivity contribution >= 4 is 17.9 Å². The average molecular weight is 317 g/mol. The second-order valence-corrected chi connectivity index (χ2v) is 4.37. The molecule has 1 heterocycles. The van der Waals surface area contributed by atoms with Crippen molar-refractivity contribution in [2.24, 2.45) is 0 Å². The Morgan fingerprint density at radius 2 is 1.35 bits per heavy atom. The second kappa shape index (κ2) is 8.28. The lowest BCUT2D eigenvalue weighted by molar-refractivity contribution is 0.0598. The van der Waals surface area contributed by atoms with Crippen LogP contribution >= 0.6 is 0 Å². The normalized spacial score (nSPS) is 9.30. The second-order valence-electron chi connectivity index (χ2n) is 4.37. The minimum atomic E-state index is -1.02. The standard InChI is InChI=1S/C9H8O4.C7H7NO2/c1-13-9(12)7-4-2-6(3-5-7)8(10)11;1-5-2-3-6(4-8-5)7(9)10/h2-5H,1H3,(H,10,11);2-4H,1H3,(H,9,10). The van der Waals surface area contributed by atoms with Gasteiger partial charge in [-0.1, -0.05) is 0 Å². The molecule has 0 aliphatic rings. The lowest BCUT2D eigenvalue weighted by atomic mass is 10.1. The number of carbonyl (C=O) groups excluding carboxylic acids is 1. The van der Waals surface area contributed by atoms with Crippen molar-refractivity contribution in [1.29, 1.82) is 0 Å². The van der Waals surface area contributed by atoms with Gasteiger partial charge in [-0.15, -0.1) is 0 Å². The van der Waals surface area contributed by atoms with Gasteiger partial charge in [0.1, 0.15) is 0 Å². The molecule has 7 heteroatoms. The van der Waals surface area contributed by atoms with Crippen LogP contribution in [0.3, 0.4) is 0 Å². The van der Waals surface area contributed by atoms with E-state index in [1.165, 1.54) is 43.6 Å². The molecule has 2 N–H and O–H groups in total. The molecule has 0 amide bonds. The van der Waals surface area contributed by atoms with Gasteiger partial charge in [-0.3, -0.25) is 4.98 Å². The first kappa shape index (κ1) is 17.8. The van der Waals surface area contributed by atoms with E-state index in [0.717, 1.165) is 5.69 Å². The molecule has 0 aliphatic carbocycles. The largest absolute Gasteiger partial charge is 0.478 e. The van der Waals surface area contributed by atoms with E-state index < -0.39 is 17.9 Å². The van der Waals surface area contributed by atoms with Crippen molar-refractivity contribution in [2.75, 3.05) is 7.11 Å². The van der Waals surface area contributed by atoms with Crippen LogP contribution in [0.2, 0.25) is 0 Å². The molecule has 0 radical (unpaired) electrons.